The quantitative estimate of drug-likeness (QED) is 0.857. The van der Waals surface area contributed by atoms with Crippen LogP contribution in [-0.4, -0.2) is 53.0 Å². The number of hydrogen-bond acceptors (Lipinski definition) is 5. The van der Waals surface area contributed by atoms with Gasteiger partial charge in [0.2, 0.25) is 0 Å². The predicted molar refractivity (Wildman–Crippen MR) is 76.7 cm³/mol. The first-order valence-corrected chi connectivity index (χ1v) is 7.32. The molecule has 2 aliphatic rings. The largest absolute Gasteiger partial charge is 0.372 e. The van der Waals surface area contributed by atoms with E-state index in [1.807, 2.05) is 0 Å². The van der Waals surface area contributed by atoms with Crippen LogP contribution < -0.4 is 10.6 Å². The molecular weight excluding hydrogens is 254 g/mol. The molecule has 1 aromatic heterocycles. The van der Waals surface area contributed by atoms with Gasteiger partial charge in [-0.2, -0.15) is 0 Å². The molecule has 0 spiro atoms. The summed E-state index contributed by atoms with van der Waals surface area (Å²) in [6, 6.07) is 0.769. The van der Waals surface area contributed by atoms with Crippen molar-refractivity contribution < 1.29 is 4.79 Å². The average Bonchev–Trinajstić information content (AvgIpc) is 2.91. The van der Waals surface area contributed by atoms with Gasteiger partial charge in [-0.05, 0) is 25.8 Å². The van der Waals surface area contributed by atoms with Gasteiger partial charge in [0.05, 0.1) is 12.4 Å². The van der Waals surface area contributed by atoms with Gasteiger partial charge in [0, 0.05) is 25.7 Å². The summed E-state index contributed by atoms with van der Waals surface area (Å²) < 4.78 is 0. The standard InChI is InChI=1S/C14H21N5O/c1-15-13-9-16-11(8-17-13)14(20)18-10-5-7-19-6-3-2-4-12(10)19/h8-10,12H,2-7H2,1H3,(H,15,17)(H,18,20). The van der Waals surface area contributed by atoms with E-state index in [9.17, 15) is 4.79 Å². The van der Waals surface area contributed by atoms with Gasteiger partial charge >= 0.3 is 0 Å². The summed E-state index contributed by atoms with van der Waals surface area (Å²) >= 11 is 0. The number of nitrogens with one attached hydrogen (secondary N) is 2. The number of hydrogen-bond donors (Lipinski definition) is 2. The van der Waals surface area contributed by atoms with E-state index in [4.69, 9.17) is 0 Å². The lowest BCUT2D eigenvalue weighted by molar-refractivity contribution is 0.0910. The molecule has 3 heterocycles. The second kappa shape index (κ2) is 5.75. The first kappa shape index (κ1) is 13.3. The molecular formula is C14H21N5O. The highest BCUT2D eigenvalue weighted by Crippen LogP contribution is 2.27. The van der Waals surface area contributed by atoms with Crippen molar-refractivity contribution in [1.29, 1.82) is 0 Å². The van der Waals surface area contributed by atoms with Crippen molar-refractivity contribution in [2.24, 2.45) is 0 Å². The Morgan fingerprint density at radius 1 is 1.25 bits per heavy atom. The third-order valence-electron chi connectivity index (χ3n) is 4.31. The maximum absolute atomic E-state index is 12.2. The summed E-state index contributed by atoms with van der Waals surface area (Å²) in [7, 11) is 1.78. The summed E-state index contributed by atoms with van der Waals surface area (Å²) in [6.45, 7) is 2.27. The molecule has 2 N–H and O–H groups in total. The fourth-order valence-corrected chi connectivity index (χ4v) is 3.23. The number of carbonyl (C=O) groups excluding carboxylic acids is 1. The smallest absolute Gasteiger partial charge is 0.271 e. The number of aromatic nitrogens is 2. The highest BCUT2D eigenvalue weighted by atomic mass is 16.2. The van der Waals surface area contributed by atoms with Gasteiger partial charge in [0.25, 0.3) is 5.91 Å². The Morgan fingerprint density at radius 2 is 2.15 bits per heavy atom. The molecule has 3 rings (SSSR count). The summed E-state index contributed by atoms with van der Waals surface area (Å²) in [5.74, 6) is 0.554. The first-order valence-electron chi connectivity index (χ1n) is 7.32. The fourth-order valence-electron chi connectivity index (χ4n) is 3.23. The van der Waals surface area contributed by atoms with E-state index < -0.39 is 0 Å². The Labute approximate surface area is 119 Å². The molecule has 2 aliphatic heterocycles. The molecule has 1 amide bonds. The Hall–Kier alpha value is -1.69. The maximum Gasteiger partial charge on any atom is 0.271 e. The summed E-state index contributed by atoms with van der Waals surface area (Å²) in [6.07, 6.45) is 7.89. The molecule has 2 fully saturated rings. The Bertz CT molecular complexity index is 475. The highest BCUT2D eigenvalue weighted by Gasteiger charge is 2.36. The molecule has 1 aromatic rings. The molecule has 2 saturated heterocycles. The summed E-state index contributed by atoms with van der Waals surface area (Å²) in [4.78, 5) is 23.0. The van der Waals surface area contributed by atoms with Crippen LogP contribution in [0.2, 0.25) is 0 Å². The topological polar surface area (TPSA) is 70.2 Å². The third kappa shape index (κ3) is 2.60. The van der Waals surface area contributed by atoms with Gasteiger partial charge in [-0.1, -0.05) is 6.42 Å². The maximum atomic E-state index is 12.2. The highest BCUT2D eigenvalue weighted by molar-refractivity contribution is 5.92. The Balaban J connectivity index is 1.63. The molecule has 2 unspecified atom stereocenters. The Morgan fingerprint density at radius 3 is 2.90 bits per heavy atom. The van der Waals surface area contributed by atoms with E-state index in [2.05, 4.69) is 25.5 Å². The van der Waals surface area contributed by atoms with Gasteiger partial charge in [-0.3, -0.25) is 9.69 Å². The number of carbonyl (C=O) groups is 1. The number of amides is 1. The number of piperidine rings is 1. The molecule has 0 aromatic carbocycles. The zero-order valence-corrected chi connectivity index (χ0v) is 11.8. The van der Waals surface area contributed by atoms with E-state index in [-0.39, 0.29) is 11.9 Å². The fraction of sp³-hybridized carbons (Fsp3) is 0.643. The van der Waals surface area contributed by atoms with Crippen LogP contribution in [0.3, 0.4) is 0 Å². The molecule has 0 saturated carbocycles. The monoisotopic (exact) mass is 275 g/mol. The second-order valence-corrected chi connectivity index (χ2v) is 5.50. The van der Waals surface area contributed by atoms with Gasteiger partial charge in [-0.25, -0.2) is 9.97 Å². The predicted octanol–water partition coefficient (Wildman–Crippen LogP) is 0.875. The van der Waals surface area contributed by atoms with Gasteiger partial charge in [0.1, 0.15) is 11.5 Å². The third-order valence-corrected chi connectivity index (χ3v) is 4.31. The van der Waals surface area contributed by atoms with Crippen LogP contribution in [0.15, 0.2) is 12.4 Å². The lowest BCUT2D eigenvalue weighted by Crippen LogP contribution is -2.46. The molecule has 108 valence electrons. The molecule has 0 aliphatic carbocycles. The normalized spacial score (nSPS) is 26.1. The van der Waals surface area contributed by atoms with Crippen LogP contribution in [-0.2, 0) is 0 Å². The molecule has 0 radical (unpaired) electrons. The van der Waals surface area contributed by atoms with Crippen molar-refractivity contribution in [1.82, 2.24) is 20.2 Å². The zero-order chi connectivity index (χ0) is 13.9. The van der Waals surface area contributed by atoms with Crippen LogP contribution in [0.25, 0.3) is 0 Å². The zero-order valence-electron chi connectivity index (χ0n) is 11.8. The molecule has 20 heavy (non-hydrogen) atoms. The summed E-state index contributed by atoms with van der Waals surface area (Å²) in [5, 5.41) is 6.02. The minimum atomic E-state index is -0.113. The number of fused-ring (bicyclic) bond motifs is 1. The molecule has 0 bridgehead atoms. The number of anilines is 1. The second-order valence-electron chi connectivity index (χ2n) is 5.50. The van der Waals surface area contributed by atoms with Crippen LogP contribution in [0.4, 0.5) is 5.82 Å². The molecule has 2 atom stereocenters. The van der Waals surface area contributed by atoms with Crippen molar-refractivity contribution in [2.75, 3.05) is 25.5 Å². The van der Waals surface area contributed by atoms with Crippen molar-refractivity contribution in [3.8, 4) is 0 Å². The van der Waals surface area contributed by atoms with E-state index in [0.717, 1.165) is 13.0 Å². The van der Waals surface area contributed by atoms with Gasteiger partial charge < -0.3 is 10.6 Å². The van der Waals surface area contributed by atoms with Crippen LogP contribution >= 0.6 is 0 Å². The van der Waals surface area contributed by atoms with Crippen molar-refractivity contribution in [3.63, 3.8) is 0 Å². The van der Waals surface area contributed by atoms with Crippen molar-refractivity contribution in [3.05, 3.63) is 18.1 Å². The lowest BCUT2D eigenvalue weighted by Gasteiger charge is -2.32. The summed E-state index contributed by atoms with van der Waals surface area (Å²) in [5.41, 5.74) is 0.387. The number of rotatable bonds is 3. The van der Waals surface area contributed by atoms with E-state index in [0.29, 0.717) is 17.6 Å². The number of nitrogens with zero attached hydrogens (tertiary/aromatic N) is 3. The van der Waals surface area contributed by atoms with E-state index in [1.165, 1.54) is 32.0 Å². The van der Waals surface area contributed by atoms with E-state index >= 15 is 0 Å². The lowest BCUT2D eigenvalue weighted by atomic mass is 9.99. The van der Waals surface area contributed by atoms with Crippen LogP contribution in [0, 0.1) is 0 Å². The van der Waals surface area contributed by atoms with Gasteiger partial charge in [0.15, 0.2) is 0 Å². The minimum absolute atomic E-state index is 0.113. The molecule has 6 heteroatoms. The first-order chi connectivity index (χ1) is 9.78. The SMILES string of the molecule is CNc1cnc(C(=O)NC2CCN3CCCCC23)cn1. The Kier molecular flexibility index (Phi) is 3.82. The van der Waals surface area contributed by atoms with Crippen molar-refractivity contribution in [2.45, 2.75) is 37.8 Å². The van der Waals surface area contributed by atoms with Crippen LogP contribution in [0.5, 0.6) is 0 Å². The minimum Gasteiger partial charge on any atom is -0.372 e. The van der Waals surface area contributed by atoms with Crippen LogP contribution in [0.1, 0.15) is 36.2 Å². The van der Waals surface area contributed by atoms with Gasteiger partial charge in [-0.15, -0.1) is 0 Å². The van der Waals surface area contributed by atoms with E-state index in [1.54, 1.807) is 13.2 Å². The van der Waals surface area contributed by atoms with Crippen molar-refractivity contribution >= 4 is 11.7 Å². The molecule has 6 nitrogen and oxygen atoms in total. The average molecular weight is 275 g/mol.